The van der Waals surface area contributed by atoms with E-state index in [0.717, 1.165) is 17.7 Å². The number of ether oxygens (including phenoxy) is 1. The predicted octanol–water partition coefficient (Wildman–Crippen LogP) is 1.40. The maximum atomic E-state index is 11.7. The fourth-order valence-electron chi connectivity index (χ4n) is 1.78. The highest BCUT2D eigenvalue weighted by atomic mass is 32.1. The minimum absolute atomic E-state index is 0.0737. The Kier molecular flexibility index (Phi) is 4.95. The van der Waals surface area contributed by atoms with Gasteiger partial charge in [0.15, 0.2) is 4.80 Å². The Bertz CT molecular complexity index is 616. The van der Waals surface area contributed by atoms with Crippen molar-refractivity contribution in [2.45, 2.75) is 13.0 Å². The first kappa shape index (κ1) is 14.3. The van der Waals surface area contributed by atoms with Crippen molar-refractivity contribution in [3.63, 3.8) is 0 Å². The monoisotopic (exact) mass is 291 g/mol. The van der Waals surface area contributed by atoms with E-state index in [9.17, 15) is 4.79 Å². The Hall–Kier alpha value is -2.08. The molecule has 1 aromatic carbocycles. The van der Waals surface area contributed by atoms with E-state index in [1.807, 2.05) is 24.3 Å². The van der Waals surface area contributed by atoms with Crippen LogP contribution >= 0.6 is 11.3 Å². The number of hydrogen-bond acceptors (Lipinski definition) is 4. The first-order valence-corrected chi connectivity index (χ1v) is 7.15. The number of methoxy groups -OCH3 is 1. The van der Waals surface area contributed by atoms with Crippen molar-refractivity contribution in [3.8, 4) is 5.75 Å². The summed E-state index contributed by atoms with van der Waals surface area (Å²) in [7, 11) is 1.64. The average molecular weight is 291 g/mol. The quantitative estimate of drug-likeness (QED) is 0.844. The van der Waals surface area contributed by atoms with E-state index in [-0.39, 0.29) is 12.5 Å². The number of aromatic nitrogens is 1. The minimum atomic E-state index is -0.0737. The van der Waals surface area contributed by atoms with E-state index in [1.54, 1.807) is 23.3 Å². The molecule has 5 nitrogen and oxygen atoms in total. The van der Waals surface area contributed by atoms with Crippen LogP contribution in [-0.4, -0.2) is 24.1 Å². The van der Waals surface area contributed by atoms with Crippen molar-refractivity contribution < 1.29 is 9.53 Å². The molecule has 2 N–H and O–H groups in total. The number of benzene rings is 1. The van der Waals surface area contributed by atoms with Crippen LogP contribution in [0.15, 0.2) is 35.8 Å². The summed E-state index contributed by atoms with van der Waals surface area (Å²) >= 11 is 1.31. The van der Waals surface area contributed by atoms with Crippen molar-refractivity contribution in [2.75, 3.05) is 13.7 Å². The summed E-state index contributed by atoms with van der Waals surface area (Å²) in [6.07, 6.45) is 2.52. The zero-order chi connectivity index (χ0) is 14.4. The van der Waals surface area contributed by atoms with Crippen LogP contribution in [0.5, 0.6) is 5.75 Å². The van der Waals surface area contributed by atoms with Gasteiger partial charge in [-0.2, -0.15) is 0 Å². The molecule has 6 heteroatoms. The molecule has 0 saturated heterocycles. The maximum absolute atomic E-state index is 11.7. The zero-order valence-electron chi connectivity index (χ0n) is 11.3. The molecule has 0 aliphatic carbocycles. The first-order valence-electron chi connectivity index (χ1n) is 6.27. The van der Waals surface area contributed by atoms with Crippen molar-refractivity contribution in [3.05, 3.63) is 46.2 Å². The molecule has 0 spiro atoms. The zero-order valence-corrected chi connectivity index (χ0v) is 12.1. The number of nitrogens with one attached hydrogen (secondary N) is 2. The van der Waals surface area contributed by atoms with Crippen molar-refractivity contribution in [1.29, 1.82) is 5.41 Å². The van der Waals surface area contributed by atoms with Crippen LogP contribution in [-0.2, 0) is 17.8 Å². The molecule has 1 amide bonds. The van der Waals surface area contributed by atoms with Crippen LogP contribution in [0, 0.1) is 5.41 Å². The SMILES string of the molecule is COc1ccc(CCNC(=O)Cn2ccsc2=N)cc1. The summed E-state index contributed by atoms with van der Waals surface area (Å²) in [5, 5.41) is 12.2. The molecule has 20 heavy (non-hydrogen) atoms. The van der Waals surface area contributed by atoms with E-state index < -0.39 is 0 Å². The number of rotatable bonds is 6. The Morgan fingerprint density at radius 2 is 2.15 bits per heavy atom. The number of amides is 1. The van der Waals surface area contributed by atoms with Gasteiger partial charge in [-0.1, -0.05) is 12.1 Å². The van der Waals surface area contributed by atoms with Gasteiger partial charge in [-0.05, 0) is 24.1 Å². The van der Waals surface area contributed by atoms with Gasteiger partial charge in [-0.3, -0.25) is 10.2 Å². The number of nitrogens with zero attached hydrogens (tertiary/aromatic N) is 1. The summed E-state index contributed by atoms with van der Waals surface area (Å²) in [5.74, 6) is 0.755. The van der Waals surface area contributed by atoms with Gasteiger partial charge in [-0.15, -0.1) is 11.3 Å². The highest BCUT2D eigenvalue weighted by molar-refractivity contribution is 7.06. The predicted molar refractivity (Wildman–Crippen MR) is 77.9 cm³/mol. The molecule has 2 rings (SSSR count). The van der Waals surface area contributed by atoms with Crippen LogP contribution in [0.2, 0.25) is 0 Å². The summed E-state index contributed by atoms with van der Waals surface area (Å²) in [6.45, 7) is 0.786. The highest BCUT2D eigenvalue weighted by Gasteiger charge is 2.03. The van der Waals surface area contributed by atoms with E-state index in [1.165, 1.54) is 11.3 Å². The van der Waals surface area contributed by atoms with E-state index in [0.29, 0.717) is 11.3 Å². The van der Waals surface area contributed by atoms with Gasteiger partial charge in [0.25, 0.3) is 0 Å². The molecule has 1 heterocycles. The second-order valence-corrected chi connectivity index (χ2v) is 5.18. The van der Waals surface area contributed by atoms with Crippen LogP contribution in [0.1, 0.15) is 5.56 Å². The Balaban J connectivity index is 1.76. The topological polar surface area (TPSA) is 67.1 Å². The van der Waals surface area contributed by atoms with Crippen molar-refractivity contribution >= 4 is 17.2 Å². The normalized spacial score (nSPS) is 10.2. The smallest absolute Gasteiger partial charge is 0.240 e. The number of carbonyl (C=O) groups excluding carboxylic acids is 1. The summed E-state index contributed by atoms with van der Waals surface area (Å²) in [5.41, 5.74) is 1.15. The second kappa shape index (κ2) is 6.91. The number of thiazole rings is 1. The molecule has 0 aliphatic heterocycles. The van der Waals surface area contributed by atoms with Gasteiger partial charge in [0, 0.05) is 18.1 Å². The van der Waals surface area contributed by atoms with Crippen LogP contribution in [0.25, 0.3) is 0 Å². The van der Waals surface area contributed by atoms with Crippen LogP contribution < -0.4 is 14.9 Å². The highest BCUT2D eigenvalue weighted by Crippen LogP contribution is 2.11. The number of carbonyl (C=O) groups is 1. The Morgan fingerprint density at radius 3 is 2.75 bits per heavy atom. The molecule has 0 saturated carbocycles. The van der Waals surface area contributed by atoms with E-state index >= 15 is 0 Å². The maximum Gasteiger partial charge on any atom is 0.240 e. The molecule has 0 atom stereocenters. The number of hydrogen-bond donors (Lipinski definition) is 2. The van der Waals surface area contributed by atoms with Gasteiger partial charge in [-0.25, -0.2) is 0 Å². The van der Waals surface area contributed by atoms with Crippen LogP contribution in [0.3, 0.4) is 0 Å². The first-order chi connectivity index (χ1) is 9.69. The van der Waals surface area contributed by atoms with Gasteiger partial charge in [0.05, 0.1) is 7.11 Å². The summed E-state index contributed by atoms with van der Waals surface area (Å²) in [6, 6.07) is 7.79. The molecule has 0 radical (unpaired) electrons. The molecule has 106 valence electrons. The van der Waals surface area contributed by atoms with Crippen molar-refractivity contribution in [1.82, 2.24) is 9.88 Å². The second-order valence-electron chi connectivity index (χ2n) is 4.28. The third kappa shape index (κ3) is 3.96. The van der Waals surface area contributed by atoms with Gasteiger partial charge in [0.2, 0.25) is 5.91 Å². The van der Waals surface area contributed by atoms with Crippen LogP contribution in [0.4, 0.5) is 0 Å². The molecular formula is C14H17N3O2S. The lowest BCUT2D eigenvalue weighted by molar-refractivity contribution is -0.121. The van der Waals surface area contributed by atoms with E-state index in [4.69, 9.17) is 10.1 Å². The summed E-state index contributed by atoms with van der Waals surface area (Å²) in [4.78, 5) is 12.1. The Labute approximate surface area is 121 Å². The molecule has 2 aromatic rings. The third-order valence-corrected chi connectivity index (χ3v) is 3.61. The lowest BCUT2D eigenvalue weighted by atomic mass is 10.1. The average Bonchev–Trinajstić information content (AvgIpc) is 2.85. The molecular weight excluding hydrogens is 274 g/mol. The minimum Gasteiger partial charge on any atom is -0.497 e. The van der Waals surface area contributed by atoms with Gasteiger partial charge >= 0.3 is 0 Å². The van der Waals surface area contributed by atoms with Gasteiger partial charge < -0.3 is 14.6 Å². The van der Waals surface area contributed by atoms with Gasteiger partial charge in [0.1, 0.15) is 12.3 Å². The standard InChI is InChI=1S/C14H17N3O2S/c1-19-12-4-2-11(3-5-12)6-7-16-13(18)10-17-8-9-20-14(17)15/h2-5,8-9,15H,6-7,10H2,1H3,(H,16,18). The summed E-state index contributed by atoms with van der Waals surface area (Å²) < 4.78 is 6.71. The molecule has 0 unspecified atom stereocenters. The fourth-order valence-corrected chi connectivity index (χ4v) is 2.37. The van der Waals surface area contributed by atoms with Crippen molar-refractivity contribution in [2.24, 2.45) is 0 Å². The van der Waals surface area contributed by atoms with E-state index in [2.05, 4.69) is 5.32 Å². The fraction of sp³-hybridized carbons (Fsp3) is 0.286. The Morgan fingerprint density at radius 1 is 1.40 bits per heavy atom. The lowest BCUT2D eigenvalue weighted by Gasteiger charge is -2.06. The molecule has 0 bridgehead atoms. The largest absolute Gasteiger partial charge is 0.497 e. The molecule has 0 fully saturated rings. The molecule has 0 aliphatic rings. The molecule has 1 aromatic heterocycles. The lowest BCUT2D eigenvalue weighted by Crippen LogP contribution is -2.31. The third-order valence-electron chi connectivity index (χ3n) is 2.89.